The molecule has 2 aromatic carbocycles. The van der Waals surface area contributed by atoms with Crippen LogP contribution in [0.1, 0.15) is 19.3 Å². The van der Waals surface area contributed by atoms with Gasteiger partial charge < -0.3 is 10.2 Å². The van der Waals surface area contributed by atoms with Crippen LogP contribution >= 0.6 is 0 Å². The van der Waals surface area contributed by atoms with Crippen molar-refractivity contribution >= 4 is 17.5 Å². The fraction of sp³-hybridized carbons (Fsp3) is 0.263. The molecule has 23 heavy (non-hydrogen) atoms. The first-order chi connectivity index (χ1) is 11.2. The number of carbonyl (C=O) groups excluding carboxylic acids is 2. The van der Waals surface area contributed by atoms with E-state index in [9.17, 15) is 9.59 Å². The summed E-state index contributed by atoms with van der Waals surface area (Å²) in [7, 11) is 0. The zero-order chi connectivity index (χ0) is 16.1. The predicted molar refractivity (Wildman–Crippen MR) is 90.9 cm³/mol. The summed E-state index contributed by atoms with van der Waals surface area (Å²) >= 11 is 0. The highest BCUT2D eigenvalue weighted by Gasteiger charge is 2.20. The summed E-state index contributed by atoms with van der Waals surface area (Å²) in [6.07, 6.45) is 2.45. The molecule has 1 fully saturated rings. The van der Waals surface area contributed by atoms with Crippen molar-refractivity contribution in [2.45, 2.75) is 19.3 Å². The molecule has 1 heterocycles. The highest BCUT2D eigenvalue weighted by molar-refractivity contribution is 5.98. The molecule has 2 aromatic rings. The summed E-state index contributed by atoms with van der Waals surface area (Å²) in [6.45, 7) is 0.800. The summed E-state index contributed by atoms with van der Waals surface area (Å²) in [5.74, 6) is -0.0774. The Kier molecular flexibility index (Phi) is 4.71. The second-order valence-electron chi connectivity index (χ2n) is 5.73. The van der Waals surface area contributed by atoms with E-state index >= 15 is 0 Å². The third kappa shape index (κ3) is 3.77. The molecule has 1 saturated heterocycles. The van der Waals surface area contributed by atoms with Crippen molar-refractivity contribution in [3.8, 4) is 11.1 Å². The van der Waals surface area contributed by atoms with Gasteiger partial charge in [0.2, 0.25) is 11.8 Å². The average molecular weight is 308 g/mol. The molecule has 118 valence electrons. The Labute approximate surface area is 136 Å². The maximum atomic E-state index is 12.3. The molecule has 4 nitrogen and oxygen atoms in total. The lowest BCUT2D eigenvalue weighted by molar-refractivity contribution is -0.136. The number of piperidine rings is 1. The zero-order valence-electron chi connectivity index (χ0n) is 13.0. The minimum Gasteiger partial charge on any atom is -0.333 e. The van der Waals surface area contributed by atoms with E-state index in [1.807, 2.05) is 54.6 Å². The van der Waals surface area contributed by atoms with Gasteiger partial charge in [0.1, 0.15) is 0 Å². The van der Waals surface area contributed by atoms with Gasteiger partial charge in [-0.25, -0.2) is 0 Å². The van der Waals surface area contributed by atoms with Crippen LogP contribution in [0, 0.1) is 0 Å². The second-order valence-corrected chi connectivity index (χ2v) is 5.73. The van der Waals surface area contributed by atoms with E-state index in [1.165, 1.54) is 0 Å². The van der Waals surface area contributed by atoms with E-state index in [2.05, 4.69) is 5.32 Å². The molecule has 0 radical (unpaired) electrons. The quantitative estimate of drug-likeness (QED) is 0.942. The number of nitrogens with one attached hydrogen (secondary N) is 1. The number of rotatable bonds is 4. The van der Waals surface area contributed by atoms with Crippen LogP contribution in [0.2, 0.25) is 0 Å². The molecular formula is C19H20N2O2. The molecule has 0 saturated carbocycles. The Morgan fingerprint density at radius 2 is 1.74 bits per heavy atom. The van der Waals surface area contributed by atoms with Gasteiger partial charge in [0.05, 0.1) is 6.54 Å². The number of benzene rings is 2. The number of hydrogen-bond donors (Lipinski definition) is 1. The summed E-state index contributed by atoms with van der Waals surface area (Å²) in [4.78, 5) is 25.8. The van der Waals surface area contributed by atoms with Crippen LogP contribution in [-0.2, 0) is 9.59 Å². The van der Waals surface area contributed by atoms with Crippen molar-refractivity contribution in [3.05, 3.63) is 54.6 Å². The van der Waals surface area contributed by atoms with Gasteiger partial charge >= 0.3 is 0 Å². The van der Waals surface area contributed by atoms with E-state index in [0.717, 1.165) is 29.7 Å². The van der Waals surface area contributed by atoms with E-state index in [0.29, 0.717) is 13.0 Å². The molecule has 3 rings (SSSR count). The van der Waals surface area contributed by atoms with Gasteiger partial charge in [-0.05, 0) is 24.5 Å². The molecule has 0 aliphatic carbocycles. The van der Waals surface area contributed by atoms with Gasteiger partial charge in [-0.3, -0.25) is 9.59 Å². The standard InChI is InChI=1S/C19H20N2O2/c22-18(14-21-13-7-6-12-19(21)23)20-17-11-5-4-10-16(17)15-8-2-1-3-9-15/h1-5,8-11H,6-7,12-14H2,(H,20,22). The molecule has 0 spiro atoms. The highest BCUT2D eigenvalue weighted by Crippen LogP contribution is 2.27. The van der Waals surface area contributed by atoms with Crippen LogP contribution < -0.4 is 5.32 Å². The summed E-state index contributed by atoms with van der Waals surface area (Å²) in [6, 6.07) is 17.7. The van der Waals surface area contributed by atoms with Crippen LogP contribution in [0.5, 0.6) is 0 Å². The summed E-state index contributed by atoms with van der Waals surface area (Å²) in [5, 5.41) is 2.94. The molecule has 1 aliphatic rings. The lowest BCUT2D eigenvalue weighted by atomic mass is 10.0. The monoisotopic (exact) mass is 308 g/mol. The third-order valence-corrected chi connectivity index (χ3v) is 4.04. The molecule has 4 heteroatoms. The molecule has 0 bridgehead atoms. The van der Waals surface area contributed by atoms with E-state index in [-0.39, 0.29) is 18.4 Å². The maximum absolute atomic E-state index is 12.3. The highest BCUT2D eigenvalue weighted by atomic mass is 16.2. The zero-order valence-corrected chi connectivity index (χ0v) is 13.0. The van der Waals surface area contributed by atoms with Crippen molar-refractivity contribution < 1.29 is 9.59 Å². The largest absolute Gasteiger partial charge is 0.333 e. The minimum atomic E-state index is -0.149. The van der Waals surface area contributed by atoms with E-state index in [4.69, 9.17) is 0 Å². The predicted octanol–water partition coefficient (Wildman–Crippen LogP) is 3.30. The Hall–Kier alpha value is -2.62. The van der Waals surface area contributed by atoms with Crippen molar-refractivity contribution in [2.24, 2.45) is 0 Å². The van der Waals surface area contributed by atoms with Gasteiger partial charge in [0.15, 0.2) is 0 Å². The minimum absolute atomic E-state index is 0.0720. The third-order valence-electron chi connectivity index (χ3n) is 4.04. The Morgan fingerprint density at radius 3 is 2.52 bits per heavy atom. The number of para-hydroxylation sites is 1. The van der Waals surface area contributed by atoms with Gasteiger partial charge in [0.25, 0.3) is 0 Å². The lowest BCUT2D eigenvalue weighted by Gasteiger charge is -2.26. The average Bonchev–Trinajstić information content (AvgIpc) is 2.58. The van der Waals surface area contributed by atoms with Crippen LogP contribution in [0.25, 0.3) is 11.1 Å². The molecule has 2 amide bonds. The maximum Gasteiger partial charge on any atom is 0.244 e. The summed E-state index contributed by atoms with van der Waals surface area (Å²) < 4.78 is 0. The number of likely N-dealkylation sites (tertiary alicyclic amines) is 1. The molecule has 0 atom stereocenters. The smallest absolute Gasteiger partial charge is 0.244 e. The van der Waals surface area contributed by atoms with Crippen LogP contribution in [0.3, 0.4) is 0 Å². The lowest BCUT2D eigenvalue weighted by Crippen LogP contribution is -2.40. The van der Waals surface area contributed by atoms with Crippen molar-refractivity contribution in [2.75, 3.05) is 18.4 Å². The van der Waals surface area contributed by atoms with Gasteiger partial charge in [0, 0.05) is 24.2 Å². The first kappa shape index (κ1) is 15.3. The Balaban J connectivity index is 1.73. The molecular weight excluding hydrogens is 288 g/mol. The van der Waals surface area contributed by atoms with E-state index < -0.39 is 0 Å². The molecule has 0 unspecified atom stereocenters. The normalized spacial score (nSPS) is 14.6. The fourth-order valence-corrected chi connectivity index (χ4v) is 2.85. The Bertz CT molecular complexity index is 698. The fourth-order valence-electron chi connectivity index (χ4n) is 2.85. The first-order valence-electron chi connectivity index (χ1n) is 7.96. The number of hydrogen-bond acceptors (Lipinski definition) is 2. The van der Waals surface area contributed by atoms with Crippen molar-refractivity contribution in [1.29, 1.82) is 0 Å². The van der Waals surface area contributed by atoms with Gasteiger partial charge in [-0.1, -0.05) is 48.5 Å². The molecule has 1 aliphatic heterocycles. The van der Waals surface area contributed by atoms with Crippen LogP contribution in [-0.4, -0.2) is 29.8 Å². The van der Waals surface area contributed by atoms with E-state index in [1.54, 1.807) is 4.90 Å². The SMILES string of the molecule is O=C(CN1CCCCC1=O)Nc1ccccc1-c1ccccc1. The van der Waals surface area contributed by atoms with Crippen molar-refractivity contribution in [1.82, 2.24) is 4.90 Å². The van der Waals surface area contributed by atoms with Crippen LogP contribution in [0.15, 0.2) is 54.6 Å². The number of carbonyl (C=O) groups is 2. The topological polar surface area (TPSA) is 49.4 Å². The van der Waals surface area contributed by atoms with Gasteiger partial charge in [-0.15, -0.1) is 0 Å². The van der Waals surface area contributed by atoms with Gasteiger partial charge in [-0.2, -0.15) is 0 Å². The molecule has 0 aromatic heterocycles. The Morgan fingerprint density at radius 1 is 1.00 bits per heavy atom. The summed E-state index contributed by atoms with van der Waals surface area (Å²) in [5.41, 5.74) is 2.80. The molecule has 1 N–H and O–H groups in total. The first-order valence-corrected chi connectivity index (χ1v) is 7.96. The number of nitrogens with zero attached hydrogens (tertiary/aromatic N) is 1. The number of anilines is 1. The number of amides is 2. The van der Waals surface area contributed by atoms with Crippen LogP contribution in [0.4, 0.5) is 5.69 Å². The van der Waals surface area contributed by atoms with Crippen molar-refractivity contribution in [3.63, 3.8) is 0 Å². The second kappa shape index (κ2) is 7.09.